The summed E-state index contributed by atoms with van der Waals surface area (Å²) in [6.07, 6.45) is 3.01. The molecule has 1 amide bonds. The Morgan fingerprint density at radius 1 is 1.15 bits per heavy atom. The highest BCUT2D eigenvalue weighted by Crippen LogP contribution is 2.13. The van der Waals surface area contributed by atoms with Crippen LogP contribution in [0.15, 0.2) is 60.7 Å². The lowest BCUT2D eigenvalue weighted by Gasteiger charge is -2.25. The van der Waals surface area contributed by atoms with Crippen LogP contribution in [-0.4, -0.2) is 23.0 Å². The molecule has 26 heavy (non-hydrogen) atoms. The van der Waals surface area contributed by atoms with Gasteiger partial charge in [0.05, 0.1) is 23.7 Å². The quantitative estimate of drug-likeness (QED) is 0.445. The van der Waals surface area contributed by atoms with Gasteiger partial charge in [-0.1, -0.05) is 30.3 Å². The van der Waals surface area contributed by atoms with Crippen molar-refractivity contribution in [1.29, 1.82) is 0 Å². The van der Waals surface area contributed by atoms with Gasteiger partial charge in [0.2, 0.25) is 5.91 Å². The number of rotatable bonds is 8. The molecule has 0 atom stereocenters. The minimum absolute atomic E-state index is 0.0169. The number of hydrogen-bond acceptors (Lipinski definition) is 4. The summed E-state index contributed by atoms with van der Waals surface area (Å²) in [5, 5.41) is 13.5. The molecule has 0 heterocycles. The maximum absolute atomic E-state index is 12.1. The normalized spacial score (nSPS) is 11.5. The molecule has 136 valence electrons. The van der Waals surface area contributed by atoms with E-state index in [1.807, 2.05) is 44.2 Å². The van der Waals surface area contributed by atoms with E-state index in [1.165, 1.54) is 18.2 Å². The number of carbonyl (C=O) groups excluding carboxylic acids is 1. The summed E-state index contributed by atoms with van der Waals surface area (Å²) in [6.45, 7) is 4.63. The molecule has 0 fully saturated rings. The molecule has 0 saturated carbocycles. The van der Waals surface area contributed by atoms with Gasteiger partial charge in [0.15, 0.2) is 0 Å². The number of benzene rings is 2. The molecule has 1 N–H and O–H groups in total. The zero-order valence-electron chi connectivity index (χ0n) is 14.8. The Labute approximate surface area is 152 Å². The van der Waals surface area contributed by atoms with E-state index in [2.05, 4.69) is 5.32 Å². The van der Waals surface area contributed by atoms with Crippen LogP contribution in [0.2, 0.25) is 0 Å². The number of nitrogens with zero attached hydrogens (tertiary/aromatic N) is 1. The van der Waals surface area contributed by atoms with Gasteiger partial charge in [-0.3, -0.25) is 14.9 Å². The first kappa shape index (κ1) is 19.3. The number of non-ortho nitro benzene ring substituents is 1. The number of hydrogen-bond donors (Lipinski definition) is 1. The topological polar surface area (TPSA) is 81.5 Å². The van der Waals surface area contributed by atoms with Crippen molar-refractivity contribution >= 4 is 17.7 Å². The van der Waals surface area contributed by atoms with Gasteiger partial charge in [-0.25, -0.2) is 0 Å². The fraction of sp³-hybridized carbons (Fsp3) is 0.250. The van der Waals surface area contributed by atoms with E-state index in [0.717, 1.165) is 5.56 Å². The maximum Gasteiger partial charge on any atom is 0.269 e. The van der Waals surface area contributed by atoms with E-state index < -0.39 is 10.5 Å². The van der Waals surface area contributed by atoms with E-state index >= 15 is 0 Å². The molecule has 0 radical (unpaired) electrons. The van der Waals surface area contributed by atoms with Crippen LogP contribution in [-0.2, 0) is 16.1 Å². The van der Waals surface area contributed by atoms with Crippen molar-refractivity contribution in [3.8, 4) is 0 Å². The van der Waals surface area contributed by atoms with Crippen LogP contribution in [0, 0.1) is 10.1 Å². The van der Waals surface area contributed by atoms with Crippen LogP contribution in [0.3, 0.4) is 0 Å². The number of ether oxygens (including phenoxy) is 1. The van der Waals surface area contributed by atoms with Gasteiger partial charge in [-0.2, -0.15) is 0 Å². The Bertz CT molecular complexity index is 768. The molecule has 2 aromatic carbocycles. The van der Waals surface area contributed by atoms with Crippen molar-refractivity contribution in [2.75, 3.05) is 6.61 Å². The van der Waals surface area contributed by atoms with Crippen LogP contribution < -0.4 is 5.32 Å². The molecule has 0 unspecified atom stereocenters. The predicted octanol–water partition coefficient (Wildman–Crippen LogP) is 3.72. The lowest BCUT2D eigenvalue weighted by atomic mass is 10.1. The highest BCUT2D eigenvalue weighted by atomic mass is 16.6. The molecular weight excluding hydrogens is 332 g/mol. The first-order valence-electron chi connectivity index (χ1n) is 8.22. The van der Waals surface area contributed by atoms with Crippen LogP contribution >= 0.6 is 0 Å². The minimum atomic E-state index is -0.522. The van der Waals surface area contributed by atoms with Gasteiger partial charge in [0, 0.05) is 18.2 Å². The average Bonchev–Trinajstić information content (AvgIpc) is 2.60. The molecule has 0 aliphatic heterocycles. The standard InChI is InChI=1S/C20H22N2O4/c1-20(2,15-26-14-17-6-4-3-5-7-17)21-19(23)13-10-16-8-11-18(12-9-16)22(24)25/h3-13H,14-15H2,1-2H3,(H,21,23)/b13-10+. The summed E-state index contributed by atoms with van der Waals surface area (Å²) in [7, 11) is 0. The molecular formula is C20H22N2O4. The van der Waals surface area contributed by atoms with E-state index in [1.54, 1.807) is 18.2 Å². The lowest BCUT2D eigenvalue weighted by molar-refractivity contribution is -0.384. The largest absolute Gasteiger partial charge is 0.374 e. The molecule has 0 aliphatic carbocycles. The van der Waals surface area contributed by atoms with Gasteiger partial charge in [-0.05, 0) is 43.2 Å². The van der Waals surface area contributed by atoms with Gasteiger partial charge in [-0.15, -0.1) is 0 Å². The Balaban J connectivity index is 1.82. The Kier molecular flexibility index (Phi) is 6.63. The SMILES string of the molecule is CC(C)(COCc1ccccc1)NC(=O)/C=C/c1ccc([N+](=O)[O-])cc1. The maximum atomic E-state index is 12.1. The number of nitrogens with one attached hydrogen (secondary N) is 1. The van der Waals surface area contributed by atoms with Gasteiger partial charge in [0.25, 0.3) is 5.69 Å². The molecule has 2 rings (SSSR count). The van der Waals surface area contributed by atoms with Crippen molar-refractivity contribution < 1.29 is 14.5 Å². The van der Waals surface area contributed by atoms with Crippen molar-refractivity contribution in [3.05, 3.63) is 81.9 Å². The highest BCUT2D eigenvalue weighted by molar-refractivity contribution is 5.92. The fourth-order valence-electron chi connectivity index (χ4n) is 2.29. The van der Waals surface area contributed by atoms with Crippen molar-refractivity contribution in [2.24, 2.45) is 0 Å². The molecule has 0 aromatic heterocycles. The summed E-state index contributed by atoms with van der Waals surface area (Å²) in [5.41, 5.74) is 1.28. The van der Waals surface area contributed by atoms with Gasteiger partial charge in [0.1, 0.15) is 0 Å². The van der Waals surface area contributed by atoms with Crippen molar-refractivity contribution in [2.45, 2.75) is 26.0 Å². The van der Waals surface area contributed by atoms with Gasteiger partial charge >= 0.3 is 0 Å². The smallest absolute Gasteiger partial charge is 0.269 e. The summed E-state index contributed by atoms with van der Waals surface area (Å²) in [4.78, 5) is 22.2. The highest BCUT2D eigenvalue weighted by Gasteiger charge is 2.19. The van der Waals surface area contributed by atoms with Crippen LogP contribution in [0.1, 0.15) is 25.0 Å². The van der Waals surface area contributed by atoms with E-state index in [4.69, 9.17) is 4.74 Å². The molecule has 6 nitrogen and oxygen atoms in total. The third-order valence-corrected chi connectivity index (χ3v) is 3.57. The first-order valence-corrected chi connectivity index (χ1v) is 8.22. The molecule has 6 heteroatoms. The molecule has 0 spiro atoms. The van der Waals surface area contributed by atoms with Crippen LogP contribution in [0.25, 0.3) is 6.08 Å². The summed E-state index contributed by atoms with van der Waals surface area (Å²) in [6, 6.07) is 15.8. The van der Waals surface area contributed by atoms with Crippen molar-refractivity contribution in [3.63, 3.8) is 0 Å². The minimum Gasteiger partial charge on any atom is -0.374 e. The zero-order valence-corrected chi connectivity index (χ0v) is 14.8. The predicted molar refractivity (Wildman–Crippen MR) is 100 cm³/mol. The average molecular weight is 354 g/mol. The first-order chi connectivity index (χ1) is 12.4. The van der Waals surface area contributed by atoms with Crippen LogP contribution in [0.5, 0.6) is 0 Å². The number of nitro groups is 1. The zero-order chi connectivity index (χ0) is 19.0. The number of amides is 1. The fourth-order valence-corrected chi connectivity index (χ4v) is 2.29. The second kappa shape index (κ2) is 8.92. The molecule has 0 saturated heterocycles. The Hall–Kier alpha value is -2.99. The molecule has 0 aliphatic rings. The summed E-state index contributed by atoms with van der Waals surface area (Å²) >= 11 is 0. The van der Waals surface area contributed by atoms with E-state index in [9.17, 15) is 14.9 Å². The second-order valence-electron chi connectivity index (χ2n) is 6.53. The monoisotopic (exact) mass is 354 g/mol. The summed E-state index contributed by atoms with van der Waals surface area (Å²) < 4.78 is 5.68. The third kappa shape index (κ3) is 6.49. The molecule has 0 bridgehead atoms. The third-order valence-electron chi connectivity index (χ3n) is 3.57. The molecule has 2 aromatic rings. The second-order valence-corrected chi connectivity index (χ2v) is 6.53. The van der Waals surface area contributed by atoms with Crippen LogP contribution in [0.4, 0.5) is 5.69 Å². The van der Waals surface area contributed by atoms with Gasteiger partial charge < -0.3 is 10.1 Å². The Morgan fingerprint density at radius 2 is 1.81 bits per heavy atom. The summed E-state index contributed by atoms with van der Waals surface area (Å²) in [5.74, 6) is -0.253. The Morgan fingerprint density at radius 3 is 2.42 bits per heavy atom. The van der Waals surface area contributed by atoms with E-state index in [0.29, 0.717) is 18.8 Å². The van der Waals surface area contributed by atoms with Crippen molar-refractivity contribution in [1.82, 2.24) is 5.32 Å². The van der Waals surface area contributed by atoms with E-state index in [-0.39, 0.29) is 11.6 Å². The number of carbonyl (C=O) groups is 1. The lowest BCUT2D eigenvalue weighted by Crippen LogP contribution is -2.46. The number of nitro benzene ring substituents is 1.